The van der Waals surface area contributed by atoms with Crippen LogP contribution in [0, 0.1) is 11.3 Å². The lowest BCUT2D eigenvalue weighted by Gasteiger charge is -2.19. The van der Waals surface area contributed by atoms with Crippen molar-refractivity contribution >= 4 is 11.6 Å². The molecule has 1 atom stereocenters. The molecule has 1 aliphatic rings. The third-order valence-corrected chi connectivity index (χ3v) is 3.47. The molecule has 2 rings (SSSR count). The van der Waals surface area contributed by atoms with E-state index in [2.05, 4.69) is 16.9 Å². The maximum atomic E-state index is 8.82. The summed E-state index contributed by atoms with van der Waals surface area (Å²) >= 11 is 5.81. The van der Waals surface area contributed by atoms with Gasteiger partial charge in [-0.1, -0.05) is 11.6 Å². The Bertz CT molecular complexity index is 458. The van der Waals surface area contributed by atoms with Crippen molar-refractivity contribution in [2.24, 2.45) is 0 Å². The summed E-state index contributed by atoms with van der Waals surface area (Å²) in [6.07, 6.45) is 3.47. The van der Waals surface area contributed by atoms with Crippen molar-refractivity contribution in [3.05, 3.63) is 22.8 Å². The van der Waals surface area contributed by atoms with Crippen LogP contribution in [0.4, 0.5) is 0 Å². The number of likely N-dealkylation sites (tertiary alicyclic amines) is 1. The number of rotatable bonds is 4. The summed E-state index contributed by atoms with van der Waals surface area (Å²) in [6, 6.07) is 5.77. The maximum absolute atomic E-state index is 8.82. The predicted molar refractivity (Wildman–Crippen MR) is 69.7 cm³/mol. The van der Waals surface area contributed by atoms with Gasteiger partial charge in [0.25, 0.3) is 0 Å². The molecule has 1 fully saturated rings. The Morgan fingerprint density at radius 2 is 2.44 bits per heavy atom. The second kappa shape index (κ2) is 6.03. The van der Waals surface area contributed by atoms with Gasteiger partial charge in [-0.15, -0.1) is 0 Å². The van der Waals surface area contributed by atoms with Crippen LogP contribution in [-0.2, 0) is 0 Å². The smallest absolute Gasteiger partial charge is 0.215 e. The monoisotopic (exact) mass is 265 g/mol. The number of nitrogens with zero attached hydrogens (tertiary/aromatic N) is 3. The summed E-state index contributed by atoms with van der Waals surface area (Å²) < 4.78 is 5.57. The summed E-state index contributed by atoms with van der Waals surface area (Å²) in [7, 11) is 2.14. The van der Waals surface area contributed by atoms with Gasteiger partial charge < -0.3 is 9.64 Å². The van der Waals surface area contributed by atoms with Crippen LogP contribution in [-0.4, -0.2) is 36.1 Å². The van der Waals surface area contributed by atoms with Crippen LogP contribution in [0.25, 0.3) is 0 Å². The highest BCUT2D eigenvalue weighted by atomic mass is 35.5. The lowest BCUT2D eigenvalue weighted by atomic mass is 10.1. The number of halogens is 1. The molecular formula is C13H16ClN3O. The molecule has 0 spiro atoms. The fraction of sp³-hybridized carbons (Fsp3) is 0.538. The predicted octanol–water partition coefficient (Wildman–Crippen LogP) is 2.47. The summed E-state index contributed by atoms with van der Waals surface area (Å²) in [5.74, 6) is 0.430. The van der Waals surface area contributed by atoms with Gasteiger partial charge in [-0.3, -0.25) is 0 Å². The molecule has 18 heavy (non-hydrogen) atoms. The fourth-order valence-electron chi connectivity index (χ4n) is 2.25. The van der Waals surface area contributed by atoms with Crippen molar-refractivity contribution < 1.29 is 4.74 Å². The van der Waals surface area contributed by atoms with Crippen molar-refractivity contribution in [1.82, 2.24) is 9.88 Å². The Morgan fingerprint density at radius 1 is 1.61 bits per heavy atom. The number of ether oxygens (including phenoxy) is 1. The molecule has 1 aromatic rings. The molecule has 0 aliphatic carbocycles. The Kier molecular flexibility index (Phi) is 4.40. The Morgan fingerprint density at radius 3 is 3.11 bits per heavy atom. The molecule has 4 nitrogen and oxygen atoms in total. The van der Waals surface area contributed by atoms with Crippen molar-refractivity contribution in [2.45, 2.75) is 25.3 Å². The maximum Gasteiger partial charge on any atom is 0.215 e. The van der Waals surface area contributed by atoms with E-state index in [0.717, 1.165) is 6.42 Å². The van der Waals surface area contributed by atoms with E-state index in [1.165, 1.54) is 25.5 Å². The average Bonchev–Trinajstić information content (AvgIpc) is 2.74. The van der Waals surface area contributed by atoms with Gasteiger partial charge in [-0.25, -0.2) is 4.98 Å². The first kappa shape index (κ1) is 13.1. The third-order valence-electron chi connectivity index (χ3n) is 3.27. The minimum absolute atomic E-state index is 0.294. The van der Waals surface area contributed by atoms with Crippen molar-refractivity contribution in [3.8, 4) is 11.9 Å². The van der Waals surface area contributed by atoms with Gasteiger partial charge in [0, 0.05) is 12.1 Å². The fourth-order valence-corrected chi connectivity index (χ4v) is 2.46. The van der Waals surface area contributed by atoms with Gasteiger partial charge in [0.05, 0.1) is 18.2 Å². The normalized spacial score (nSPS) is 19.7. The molecule has 5 heteroatoms. The van der Waals surface area contributed by atoms with Gasteiger partial charge in [0.2, 0.25) is 5.88 Å². The standard InChI is InChI=1S/C13H16ClN3O/c1-17-5-2-3-11(17)4-6-18-13-8-10(9-15)7-12(14)16-13/h7-8,11H,2-6H2,1H3. The van der Waals surface area contributed by atoms with Crippen LogP contribution in [0.5, 0.6) is 5.88 Å². The molecule has 0 radical (unpaired) electrons. The largest absolute Gasteiger partial charge is 0.478 e. The van der Waals surface area contributed by atoms with Crippen LogP contribution in [0.2, 0.25) is 5.15 Å². The summed E-state index contributed by atoms with van der Waals surface area (Å²) in [5.41, 5.74) is 0.475. The van der Waals surface area contributed by atoms with E-state index in [0.29, 0.717) is 29.2 Å². The highest BCUT2D eigenvalue weighted by Gasteiger charge is 2.20. The van der Waals surface area contributed by atoms with E-state index in [1.807, 2.05) is 6.07 Å². The lowest BCUT2D eigenvalue weighted by Crippen LogP contribution is -2.26. The van der Waals surface area contributed by atoms with Gasteiger partial charge in [0.15, 0.2) is 0 Å². The van der Waals surface area contributed by atoms with Gasteiger partial charge in [-0.05, 0) is 38.9 Å². The van der Waals surface area contributed by atoms with Crippen LogP contribution in [0.1, 0.15) is 24.8 Å². The second-order valence-corrected chi connectivity index (χ2v) is 4.93. The van der Waals surface area contributed by atoms with Gasteiger partial charge in [-0.2, -0.15) is 5.26 Å². The molecule has 0 saturated carbocycles. The van der Waals surface area contributed by atoms with Crippen LogP contribution < -0.4 is 4.74 Å². The van der Waals surface area contributed by atoms with E-state index in [1.54, 1.807) is 6.07 Å². The molecule has 1 aromatic heterocycles. The summed E-state index contributed by atoms with van der Waals surface area (Å²) in [4.78, 5) is 6.40. The van der Waals surface area contributed by atoms with Crippen LogP contribution in [0.3, 0.4) is 0 Å². The first-order valence-corrected chi connectivity index (χ1v) is 6.47. The molecule has 1 unspecified atom stereocenters. The zero-order valence-electron chi connectivity index (χ0n) is 10.4. The molecule has 2 heterocycles. The average molecular weight is 266 g/mol. The topological polar surface area (TPSA) is 49.1 Å². The number of pyridine rings is 1. The first-order chi connectivity index (χ1) is 8.69. The lowest BCUT2D eigenvalue weighted by molar-refractivity contribution is 0.228. The number of aromatic nitrogens is 1. The Hall–Kier alpha value is -1.31. The van der Waals surface area contributed by atoms with Crippen LogP contribution in [0.15, 0.2) is 12.1 Å². The molecule has 1 saturated heterocycles. The highest BCUT2D eigenvalue weighted by molar-refractivity contribution is 6.29. The molecule has 0 amide bonds. The van der Waals surface area contributed by atoms with Gasteiger partial charge >= 0.3 is 0 Å². The van der Waals surface area contributed by atoms with E-state index in [9.17, 15) is 0 Å². The van der Waals surface area contributed by atoms with Crippen molar-refractivity contribution in [3.63, 3.8) is 0 Å². The number of hydrogen-bond donors (Lipinski definition) is 0. The Labute approximate surface area is 112 Å². The summed E-state index contributed by atoms with van der Waals surface area (Å²) in [6.45, 7) is 1.77. The quantitative estimate of drug-likeness (QED) is 0.785. The molecule has 0 bridgehead atoms. The van der Waals surface area contributed by atoms with Gasteiger partial charge in [0.1, 0.15) is 5.15 Å². The Balaban J connectivity index is 1.86. The minimum atomic E-state index is 0.294. The number of hydrogen-bond acceptors (Lipinski definition) is 4. The molecular weight excluding hydrogens is 250 g/mol. The highest BCUT2D eigenvalue weighted by Crippen LogP contribution is 2.19. The van der Waals surface area contributed by atoms with E-state index < -0.39 is 0 Å². The van der Waals surface area contributed by atoms with Crippen molar-refractivity contribution in [2.75, 3.05) is 20.2 Å². The van der Waals surface area contributed by atoms with Crippen LogP contribution >= 0.6 is 11.6 Å². The molecule has 0 aromatic carbocycles. The molecule has 0 N–H and O–H groups in total. The first-order valence-electron chi connectivity index (χ1n) is 6.10. The van der Waals surface area contributed by atoms with Crippen molar-refractivity contribution in [1.29, 1.82) is 5.26 Å². The van der Waals surface area contributed by atoms with E-state index in [-0.39, 0.29) is 0 Å². The van der Waals surface area contributed by atoms with E-state index >= 15 is 0 Å². The second-order valence-electron chi connectivity index (χ2n) is 4.54. The SMILES string of the molecule is CN1CCCC1CCOc1cc(C#N)cc(Cl)n1. The third kappa shape index (κ3) is 3.34. The molecule has 1 aliphatic heterocycles. The summed E-state index contributed by atoms with van der Waals surface area (Å²) in [5, 5.41) is 9.11. The van der Waals surface area contributed by atoms with E-state index in [4.69, 9.17) is 21.6 Å². The minimum Gasteiger partial charge on any atom is -0.478 e. The number of nitriles is 1. The zero-order chi connectivity index (χ0) is 13.0. The zero-order valence-corrected chi connectivity index (χ0v) is 11.2. The molecule has 96 valence electrons.